The molecule has 0 saturated heterocycles. The van der Waals surface area contributed by atoms with Gasteiger partial charge in [-0.2, -0.15) is 0 Å². The predicted molar refractivity (Wildman–Crippen MR) is 68.4 cm³/mol. The fraction of sp³-hybridized carbons (Fsp3) is 0.429. The Labute approximate surface area is 98.3 Å². The van der Waals surface area contributed by atoms with Crippen LogP contribution in [-0.2, 0) is 11.3 Å². The first-order valence-corrected chi connectivity index (χ1v) is 5.82. The van der Waals surface area contributed by atoms with Gasteiger partial charge in [0.05, 0.1) is 13.2 Å². The van der Waals surface area contributed by atoms with Gasteiger partial charge in [-0.1, -0.05) is 43.8 Å². The molecule has 88 valence electrons. The number of hydrogen-bond donors (Lipinski definition) is 1. The lowest BCUT2D eigenvalue weighted by molar-refractivity contribution is 0.141. The van der Waals surface area contributed by atoms with Crippen LogP contribution in [0.2, 0.25) is 0 Å². The summed E-state index contributed by atoms with van der Waals surface area (Å²) in [6.45, 7) is 9.30. The van der Waals surface area contributed by atoms with Gasteiger partial charge in [-0.25, -0.2) is 0 Å². The Kier molecular flexibility index (Phi) is 6.54. The molecule has 0 spiro atoms. The van der Waals surface area contributed by atoms with E-state index in [1.54, 1.807) is 0 Å². The third-order valence-electron chi connectivity index (χ3n) is 2.22. The van der Waals surface area contributed by atoms with E-state index in [0.29, 0.717) is 13.2 Å². The molecule has 0 aromatic heterocycles. The average Bonchev–Trinajstić information content (AvgIpc) is 2.31. The minimum Gasteiger partial charge on any atom is -0.372 e. The molecular formula is C14H21NO. The van der Waals surface area contributed by atoms with Crippen molar-refractivity contribution in [3.05, 3.63) is 48.0 Å². The van der Waals surface area contributed by atoms with Gasteiger partial charge < -0.3 is 10.1 Å². The van der Waals surface area contributed by atoms with Gasteiger partial charge in [-0.15, -0.1) is 0 Å². The standard InChI is InChI=1S/C14H21NO/c1-3-9-15-10-13(2)11-16-12-14-7-5-4-6-8-14/h4-8,15H,2-3,9-12H2,1H3. The highest BCUT2D eigenvalue weighted by atomic mass is 16.5. The van der Waals surface area contributed by atoms with Crippen molar-refractivity contribution < 1.29 is 4.74 Å². The van der Waals surface area contributed by atoms with Crippen molar-refractivity contribution in [2.45, 2.75) is 20.0 Å². The number of benzene rings is 1. The van der Waals surface area contributed by atoms with Crippen LogP contribution in [0.15, 0.2) is 42.5 Å². The van der Waals surface area contributed by atoms with Gasteiger partial charge in [0, 0.05) is 6.54 Å². The van der Waals surface area contributed by atoms with Crippen molar-refractivity contribution >= 4 is 0 Å². The Bertz CT molecular complexity index is 295. The second-order valence-corrected chi connectivity index (χ2v) is 3.91. The number of hydrogen-bond acceptors (Lipinski definition) is 2. The van der Waals surface area contributed by atoms with Crippen LogP contribution in [0.3, 0.4) is 0 Å². The molecule has 0 radical (unpaired) electrons. The summed E-state index contributed by atoms with van der Waals surface area (Å²) >= 11 is 0. The molecule has 0 bridgehead atoms. The van der Waals surface area contributed by atoms with Crippen LogP contribution in [0.4, 0.5) is 0 Å². The molecule has 1 rings (SSSR count). The molecule has 0 aliphatic heterocycles. The zero-order valence-electron chi connectivity index (χ0n) is 10.0. The van der Waals surface area contributed by atoms with Gasteiger partial charge in [-0.3, -0.25) is 0 Å². The quantitative estimate of drug-likeness (QED) is 0.536. The van der Waals surface area contributed by atoms with Gasteiger partial charge in [0.2, 0.25) is 0 Å². The fourth-order valence-corrected chi connectivity index (χ4v) is 1.38. The Balaban J connectivity index is 2.09. The van der Waals surface area contributed by atoms with E-state index in [2.05, 4.69) is 31.0 Å². The highest BCUT2D eigenvalue weighted by molar-refractivity contribution is 5.13. The number of nitrogens with one attached hydrogen (secondary N) is 1. The maximum absolute atomic E-state index is 5.57. The van der Waals surface area contributed by atoms with Gasteiger partial charge in [0.1, 0.15) is 0 Å². The van der Waals surface area contributed by atoms with Crippen LogP contribution in [0.25, 0.3) is 0 Å². The van der Waals surface area contributed by atoms with E-state index in [1.165, 1.54) is 5.56 Å². The summed E-state index contributed by atoms with van der Waals surface area (Å²) in [4.78, 5) is 0. The van der Waals surface area contributed by atoms with Crippen molar-refractivity contribution in [1.29, 1.82) is 0 Å². The Morgan fingerprint density at radius 3 is 2.75 bits per heavy atom. The average molecular weight is 219 g/mol. The largest absolute Gasteiger partial charge is 0.372 e. The fourth-order valence-electron chi connectivity index (χ4n) is 1.38. The molecule has 2 nitrogen and oxygen atoms in total. The zero-order chi connectivity index (χ0) is 11.6. The molecule has 1 aromatic rings. The van der Waals surface area contributed by atoms with Crippen molar-refractivity contribution in [1.82, 2.24) is 5.32 Å². The molecule has 0 saturated carbocycles. The molecule has 1 aromatic carbocycles. The minimum absolute atomic E-state index is 0.631. The highest BCUT2D eigenvalue weighted by Crippen LogP contribution is 2.01. The normalized spacial score (nSPS) is 10.3. The van der Waals surface area contributed by atoms with Crippen LogP contribution in [-0.4, -0.2) is 19.7 Å². The van der Waals surface area contributed by atoms with E-state index in [0.717, 1.165) is 25.1 Å². The molecule has 16 heavy (non-hydrogen) atoms. The molecule has 2 heteroatoms. The van der Waals surface area contributed by atoms with E-state index < -0.39 is 0 Å². The van der Waals surface area contributed by atoms with Gasteiger partial charge in [0.25, 0.3) is 0 Å². The van der Waals surface area contributed by atoms with Crippen LogP contribution in [0.1, 0.15) is 18.9 Å². The molecule has 1 N–H and O–H groups in total. The van der Waals surface area contributed by atoms with Crippen molar-refractivity contribution in [3.63, 3.8) is 0 Å². The van der Waals surface area contributed by atoms with E-state index in [1.807, 2.05) is 18.2 Å². The van der Waals surface area contributed by atoms with Gasteiger partial charge in [-0.05, 0) is 24.1 Å². The van der Waals surface area contributed by atoms with E-state index >= 15 is 0 Å². The summed E-state index contributed by atoms with van der Waals surface area (Å²) in [6.07, 6.45) is 1.15. The SMILES string of the molecule is C=C(CNCCC)COCc1ccccc1. The highest BCUT2D eigenvalue weighted by Gasteiger charge is 1.95. The maximum atomic E-state index is 5.57. The third-order valence-corrected chi connectivity index (χ3v) is 2.22. The molecular weight excluding hydrogens is 198 g/mol. The maximum Gasteiger partial charge on any atom is 0.0721 e. The van der Waals surface area contributed by atoms with Crippen LogP contribution in [0.5, 0.6) is 0 Å². The van der Waals surface area contributed by atoms with Crippen LogP contribution >= 0.6 is 0 Å². The second-order valence-electron chi connectivity index (χ2n) is 3.91. The lowest BCUT2D eigenvalue weighted by Gasteiger charge is -2.08. The lowest BCUT2D eigenvalue weighted by Crippen LogP contribution is -2.19. The summed E-state index contributed by atoms with van der Waals surface area (Å²) in [5, 5.41) is 3.30. The first-order valence-electron chi connectivity index (χ1n) is 5.82. The van der Waals surface area contributed by atoms with E-state index in [4.69, 9.17) is 4.74 Å². The summed E-state index contributed by atoms with van der Waals surface area (Å²) in [6, 6.07) is 10.2. The second kappa shape index (κ2) is 8.08. The topological polar surface area (TPSA) is 21.3 Å². The smallest absolute Gasteiger partial charge is 0.0721 e. The zero-order valence-corrected chi connectivity index (χ0v) is 10.0. The van der Waals surface area contributed by atoms with E-state index in [9.17, 15) is 0 Å². The van der Waals surface area contributed by atoms with Crippen molar-refractivity contribution in [3.8, 4) is 0 Å². The summed E-state index contributed by atoms with van der Waals surface area (Å²) in [5.41, 5.74) is 2.31. The summed E-state index contributed by atoms with van der Waals surface area (Å²) < 4.78 is 5.57. The molecule has 0 aliphatic carbocycles. The third kappa shape index (κ3) is 5.69. The molecule has 0 unspecified atom stereocenters. The molecule has 0 aliphatic rings. The molecule has 0 atom stereocenters. The first-order chi connectivity index (χ1) is 7.83. The van der Waals surface area contributed by atoms with Crippen molar-refractivity contribution in [2.24, 2.45) is 0 Å². The summed E-state index contributed by atoms with van der Waals surface area (Å²) in [5.74, 6) is 0. The summed E-state index contributed by atoms with van der Waals surface area (Å²) in [7, 11) is 0. The molecule has 0 fully saturated rings. The van der Waals surface area contributed by atoms with Crippen LogP contribution < -0.4 is 5.32 Å². The van der Waals surface area contributed by atoms with Gasteiger partial charge in [0.15, 0.2) is 0 Å². The van der Waals surface area contributed by atoms with Gasteiger partial charge >= 0.3 is 0 Å². The lowest BCUT2D eigenvalue weighted by atomic mass is 10.2. The minimum atomic E-state index is 0.631. The number of rotatable bonds is 8. The predicted octanol–water partition coefficient (Wildman–Crippen LogP) is 2.76. The monoisotopic (exact) mass is 219 g/mol. The molecule has 0 heterocycles. The first kappa shape index (κ1) is 12.9. The van der Waals surface area contributed by atoms with Crippen molar-refractivity contribution in [2.75, 3.05) is 19.7 Å². The molecule has 0 amide bonds. The number of ether oxygens (including phenoxy) is 1. The van der Waals surface area contributed by atoms with E-state index in [-0.39, 0.29) is 0 Å². The van der Waals surface area contributed by atoms with Crippen LogP contribution in [0, 0.1) is 0 Å². The Morgan fingerprint density at radius 1 is 1.31 bits per heavy atom. The Morgan fingerprint density at radius 2 is 2.06 bits per heavy atom. The Hall–Kier alpha value is -1.12.